The standard InChI is InChI=1S/C27H37NO7/c1-6-11(2)22(32)35-15-9-26-18-14-8-25-7-12(3)16(17(30)19(25)26)20(31)27(25,33)23(26)28(14)10-24(18,5)21(15)34-13(4)29/h11,14-21,23,30-31,33H,3,6-10H2,1-2,4-5H3/t11-,14-,15-,16+,17+,18+,19+,20+,21+,23-,24-,25+,26-,27-/m0/s1. The summed E-state index contributed by atoms with van der Waals surface area (Å²) in [6.45, 7) is 12.1. The van der Waals surface area contributed by atoms with Crippen molar-refractivity contribution in [1.29, 1.82) is 0 Å². The van der Waals surface area contributed by atoms with E-state index in [2.05, 4.69) is 18.4 Å². The molecule has 35 heavy (non-hydrogen) atoms. The van der Waals surface area contributed by atoms with Crippen molar-refractivity contribution in [3.8, 4) is 0 Å². The summed E-state index contributed by atoms with van der Waals surface area (Å²) in [4.78, 5) is 27.6. The molecule has 192 valence electrons. The second-order valence-electron chi connectivity index (χ2n) is 13.2. The topological polar surface area (TPSA) is 117 Å². The Morgan fingerprint density at radius 3 is 2.60 bits per heavy atom. The summed E-state index contributed by atoms with van der Waals surface area (Å²) >= 11 is 0. The molecule has 1 unspecified atom stereocenters. The number of aliphatic hydroxyl groups excluding tert-OH is 2. The van der Waals surface area contributed by atoms with Crippen LogP contribution in [0.4, 0.5) is 0 Å². The van der Waals surface area contributed by atoms with Gasteiger partial charge >= 0.3 is 11.9 Å². The lowest BCUT2D eigenvalue weighted by Crippen LogP contribution is -2.76. The van der Waals surface area contributed by atoms with E-state index in [9.17, 15) is 24.9 Å². The van der Waals surface area contributed by atoms with Gasteiger partial charge in [0.2, 0.25) is 0 Å². The van der Waals surface area contributed by atoms with Crippen molar-refractivity contribution in [2.75, 3.05) is 6.54 Å². The number of ether oxygens (including phenoxy) is 2. The van der Waals surface area contributed by atoms with Crippen LogP contribution < -0.4 is 0 Å². The molecule has 6 aliphatic carbocycles. The fourth-order valence-electron chi connectivity index (χ4n) is 11.5. The van der Waals surface area contributed by atoms with Gasteiger partial charge < -0.3 is 24.8 Å². The lowest BCUT2D eigenvalue weighted by molar-refractivity contribution is -0.282. The summed E-state index contributed by atoms with van der Waals surface area (Å²) in [7, 11) is 0. The van der Waals surface area contributed by atoms with Crippen LogP contribution in [0.1, 0.15) is 53.4 Å². The molecule has 3 aliphatic heterocycles. The predicted molar refractivity (Wildman–Crippen MR) is 123 cm³/mol. The van der Waals surface area contributed by atoms with Gasteiger partial charge in [-0.1, -0.05) is 32.9 Å². The second kappa shape index (κ2) is 6.32. The fraction of sp³-hybridized carbons (Fsp3) is 0.852. The molecular weight excluding hydrogens is 450 g/mol. The van der Waals surface area contributed by atoms with Gasteiger partial charge in [-0.15, -0.1) is 0 Å². The molecule has 9 rings (SSSR count). The monoisotopic (exact) mass is 487 g/mol. The lowest BCUT2D eigenvalue weighted by Gasteiger charge is -2.68. The van der Waals surface area contributed by atoms with Gasteiger partial charge in [0.15, 0.2) is 0 Å². The number of esters is 2. The van der Waals surface area contributed by atoms with Crippen LogP contribution >= 0.6 is 0 Å². The Kier molecular flexibility index (Phi) is 4.10. The Hall–Kier alpha value is -1.48. The predicted octanol–water partition coefficient (Wildman–Crippen LogP) is 1.02. The number of fused-ring (bicyclic) bond motifs is 1. The molecule has 6 saturated carbocycles. The Labute approximate surface area is 205 Å². The Morgan fingerprint density at radius 2 is 1.94 bits per heavy atom. The number of hydrogen-bond donors (Lipinski definition) is 3. The van der Waals surface area contributed by atoms with Gasteiger partial charge in [0.25, 0.3) is 0 Å². The summed E-state index contributed by atoms with van der Waals surface area (Å²) in [6, 6.07) is -0.143. The van der Waals surface area contributed by atoms with Gasteiger partial charge in [-0.3, -0.25) is 14.5 Å². The molecule has 2 spiro atoms. The molecule has 0 aromatic heterocycles. The molecular formula is C27H37NO7. The number of rotatable bonds is 4. The SMILES string of the molecule is C=C1C[C@@]23C[C@H]4[C@@H]5[C@]6(C)CN4[C@H]4[C@]5(C[C@H](OC(=O)[C@@H](C)CC)[C@H]6OC(C)=O)[C@@H]2[C@H](O)[C@@H]1[C@@H](O)[C@]43O. The van der Waals surface area contributed by atoms with E-state index >= 15 is 0 Å². The molecule has 9 fully saturated rings. The number of hydrogen-bond acceptors (Lipinski definition) is 8. The molecule has 8 nitrogen and oxygen atoms in total. The highest BCUT2D eigenvalue weighted by Crippen LogP contribution is 2.88. The maximum Gasteiger partial charge on any atom is 0.309 e. The third-order valence-electron chi connectivity index (χ3n) is 12.1. The number of carbonyl (C=O) groups excluding carboxylic acids is 2. The van der Waals surface area contributed by atoms with Crippen LogP contribution in [0.2, 0.25) is 0 Å². The molecule has 0 aromatic carbocycles. The van der Waals surface area contributed by atoms with E-state index in [1.165, 1.54) is 6.92 Å². The van der Waals surface area contributed by atoms with E-state index in [0.717, 1.165) is 5.57 Å². The Balaban J connectivity index is 1.40. The zero-order valence-corrected chi connectivity index (χ0v) is 20.9. The van der Waals surface area contributed by atoms with Crippen LogP contribution in [0.3, 0.4) is 0 Å². The van der Waals surface area contributed by atoms with Crippen LogP contribution in [0, 0.1) is 39.9 Å². The van der Waals surface area contributed by atoms with Gasteiger partial charge in [0.1, 0.15) is 17.8 Å². The highest BCUT2D eigenvalue weighted by molar-refractivity contribution is 5.72. The van der Waals surface area contributed by atoms with E-state index in [-0.39, 0.29) is 35.8 Å². The summed E-state index contributed by atoms with van der Waals surface area (Å²) in [5.74, 6) is -1.69. The molecule has 0 aromatic rings. The van der Waals surface area contributed by atoms with Crippen LogP contribution in [0.15, 0.2) is 12.2 Å². The van der Waals surface area contributed by atoms with Crippen LogP contribution in [-0.2, 0) is 19.1 Å². The maximum atomic E-state index is 13.0. The number of piperidine rings is 2. The molecule has 0 amide bonds. The minimum atomic E-state index is -1.34. The van der Waals surface area contributed by atoms with Crippen LogP contribution in [0.25, 0.3) is 0 Å². The molecule has 3 heterocycles. The van der Waals surface area contributed by atoms with Crippen molar-refractivity contribution in [2.45, 2.75) is 95.5 Å². The van der Waals surface area contributed by atoms with Crippen molar-refractivity contribution in [1.82, 2.24) is 4.90 Å². The summed E-state index contributed by atoms with van der Waals surface area (Å²) in [5.41, 5.74) is -2.15. The normalized spacial score (nSPS) is 60.7. The molecule has 9 aliphatic rings. The van der Waals surface area contributed by atoms with Crippen molar-refractivity contribution in [3.05, 3.63) is 12.2 Å². The quantitative estimate of drug-likeness (QED) is 0.398. The smallest absolute Gasteiger partial charge is 0.309 e. The first-order chi connectivity index (χ1) is 16.4. The van der Waals surface area contributed by atoms with Gasteiger partial charge in [-0.2, -0.15) is 0 Å². The average Bonchev–Trinajstić information content (AvgIpc) is 3.21. The minimum absolute atomic E-state index is 0.0713. The van der Waals surface area contributed by atoms with E-state index < -0.39 is 58.1 Å². The van der Waals surface area contributed by atoms with Crippen molar-refractivity contribution >= 4 is 11.9 Å². The number of carbonyl (C=O) groups is 2. The molecule has 3 N–H and O–H groups in total. The number of nitrogens with zero attached hydrogens (tertiary/aromatic N) is 1. The van der Waals surface area contributed by atoms with E-state index in [1.54, 1.807) is 0 Å². The van der Waals surface area contributed by atoms with Crippen molar-refractivity contribution in [2.24, 2.45) is 39.9 Å². The fourth-order valence-corrected chi connectivity index (χ4v) is 11.5. The average molecular weight is 488 g/mol. The molecule has 0 radical (unpaired) electrons. The van der Waals surface area contributed by atoms with E-state index in [1.807, 2.05) is 13.8 Å². The third kappa shape index (κ3) is 2.05. The maximum absolute atomic E-state index is 13.0. The van der Waals surface area contributed by atoms with Gasteiger partial charge in [0, 0.05) is 53.6 Å². The van der Waals surface area contributed by atoms with Crippen LogP contribution in [-0.4, -0.2) is 80.8 Å². The van der Waals surface area contributed by atoms with Gasteiger partial charge in [-0.05, 0) is 31.6 Å². The van der Waals surface area contributed by atoms with Gasteiger partial charge in [0.05, 0.1) is 18.1 Å². The zero-order valence-electron chi connectivity index (χ0n) is 20.9. The first-order valence-electron chi connectivity index (χ1n) is 13.3. The number of aliphatic hydroxyl groups is 3. The van der Waals surface area contributed by atoms with Crippen molar-refractivity contribution < 1.29 is 34.4 Å². The highest BCUT2D eigenvalue weighted by Gasteiger charge is 2.95. The summed E-state index contributed by atoms with van der Waals surface area (Å²) in [6.07, 6.45) is -0.752. The second-order valence-corrected chi connectivity index (χ2v) is 13.2. The lowest BCUT2D eigenvalue weighted by atomic mass is 9.38. The highest BCUT2D eigenvalue weighted by atomic mass is 16.6. The van der Waals surface area contributed by atoms with Crippen molar-refractivity contribution in [3.63, 3.8) is 0 Å². The minimum Gasteiger partial charge on any atom is -0.458 e. The zero-order chi connectivity index (χ0) is 25.0. The van der Waals surface area contributed by atoms with Gasteiger partial charge in [-0.25, -0.2) is 0 Å². The van der Waals surface area contributed by atoms with Crippen LogP contribution in [0.5, 0.6) is 0 Å². The summed E-state index contributed by atoms with van der Waals surface area (Å²) in [5, 5.41) is 35.8. The Morgan fingerprint density at radius 1 is 1.23 bits per heavy atom. The first kappa shape index (κ1) is 22.7. The largest absolute Gasteiger partial charge is 0.458 e. The van der Waals surface area contributed by atoms with E-state index in [4.69, 9.17) is 9.47 Å². The Bertz CT molecular complexity index is 1060. The molecule has 9 bridgehead atoms. The summed E-state index contributed by atoms with van der Waals surface area (Å²) < 4.78 is 12.1. The third-order valence-corrected chi connectivity index (χ3v) is 12.1. The first-order valence-corrected chi connectivity index (χ1v) is 13.3. The molecule has 15 atom stereocenters. The van der Waals surface area contributed by atoms with E-state index in [0.29, 0.717) is 32.2 Å². The molecule has 3 saturated heterocycles. The molecule has 8 heteroatoms.